The number of hydrogen-bond donors (Lipinski definition) is 0. The Hall–Kier alpha value is -2.18. The number of pyridine rings is 1. The Bertz CT molecular complexity index is 390. The van der Waals surface area contributed by atoms with Gasteiger partial charge >= 0.3 is 5.69 Å². The van der Waals surface area contributed by atoms with Gasteiger partial charge in [-0.2, -0.15) is 0 Å². The minimum atomic E-state index is -1.52. The van der Waals surface area contributed by atoms with Gasteiger partial charge in [-0.05, 0) is 6.07 Å². The Morgan fingerprint density at radius 3 is 2.64 bits per heavy atom. The minimum absolute atomic E-state index is 0.350. The molecule has 74 valence electrons. The van der Waals surface area contributed by atoms with E-state index in [1.54, 1.807) is 0 Å². The Morgan fingerprint density at radius 1 is 1.57 bits per heavy atom. The summed E-state index contributed by atoms with van der Waals surface area (Å²) in [6.07, 6.45) is 0. The molecular formula is C7H5N2O5-. The van der Waals surface area contributed by atoms with Gasteiger partial charge in [0, 0.05) is 6.07 Å². The second kappa shape index (κ2) is 3.69. The summed E-state index contributed by atoms with van der Waals surface area (Å²) in [7, 11) is 1.16. The highest BCUT2D eigenvalue weighted by molar-refractivity contribution is 5.83. The standard InChI is InChI=1S/C7H6N2O5/c1-14-6-5(9(12)13)3-2-4(8-6)7(10)11/h2-3H,1H3,(H,10,11)/p-1. The van der Waals surface area contributed by atoms with Gasteiger partial charge in [0.1, 0.15) is 0 Å². The molecule has 0 spiro atoms. The topological polar surface area (TPSA) is 105 Å². The zero-order chi connectivity index (χ0) is 10.7. The minimum Gasteiger partial charge on any atom is -0.543 e. The van der Waals surface area contributed by atoms with Crippen LogP contribution in [0.25, 0.3) is 0 Å². The molecule has 0 bridgehead atoms. The molecule has 0 atom stereocenters. The second-order valence-electron chi connectivity index (χ2n) is 2.27. The Morgan fingerprint density at radius 2 is 2.21 bits per heavy atom. The molecule has 0 fully saturated rings. The van der Waals surface area contributed by atoms with Crippen molar-refractivity contribution >= 4 is 11.7 Å². The smallest absolute Gasteiger partial charge is 0.330 e. The summed E-state index contributed by atoms with van der Waals surface area (Å²) < 4.78 is 4.55. The van der Waals surface area contributed by atoms with Gasteiger partial charge in [-0.25, -0.2) is 4.98 Å². The number of carbonyl (C=O) groups is 1. The first-order chi connectivity index (χ1) is 6.56. The third-order valence-electron chi connectivity index (χ3n) is 1.44. The lowest BCUT2D eigenvalue weighted by molar-refractivity contribution is -0.386. The van der Waals surface area contributed by atoms with Gasteiger partial charge in [0.05, 0.1) is 23.7 Å². The third-order valence-corrected chi connectivity index (χ3v) is 1.44. The average Bonchev–Trinajstić information content (AvgIpc) is 2.16. The van der Waals surface area contributed by atoms with Gasteiger partial charge < -0.3 is 14.6 Å². The molecule has 1 aromatic heterocycles. The molecule has 0 amide bonds. The van der Waals surface area contributed by atoms with Crippen LogP contribution in [-0.4, -0.2) is 23.0 Å². The molecule has 0 aliphatic carbocycles. The van der Waals surface area contributed by atoms with Crippen LogP contribution in [0.4, 0.5) is 5.69 Å². The van der Waals surface area contributed by atoms with Crippen LogP contribution in [0.3, 0.4) is 0 Å². The number of nitro groups is 1. The summed E-state index contributed by atoms with van der Waals surface area (Å²) in [5.41, 5.74) is -0.801. The van der Waals surface area contributed by atoms with Gasteiger partial charge in [-0.3, -0.25) is 10.1 Å². The van der Waals surface area contributed by atoms with Crippen LogP contribution in [0.2, 0.25) is 0 Å². The summed E-state index contributed by atoms with van der Waals surface area (Å²) >= 11 is 0. The number of hydrogen-bond acceptors (Lipinski definition) is 6. The van der Waals surface area contributed by atoms with E-state index in [2.05, 4.69) is 9.72 Å². The van der Waals surface area contributed by atoms with Crippen LogP contribution in [-0.2, 0) is 0 Å². The van der Waals surface area contributed by atoms with Gasteiger partial charge in [-0.15, -0.1) is 0 Å². The van der Waals surface area contributed by atoms with Crippen molar-refractivity contribution in [1.29, 1.82) is 0 Å². The maximum absolute atomic E-state index is 10.4. The van der Waals surface area contributed by atoms with Crippen molar-refractivity contribution in [3.05, 3.63) is 27.9 Å². The van der Waals surface area contributed by atoms with Gasteiger partial charge in [0.15, 0.2) is 0 Å². The van der Waals surface area contributed by atoms with E-state index in [-0.39, 0.29) is 5.88 Å². The fraction of sp³-hybridized carbons (Fsp3) is 0.143. The van der Waals surface area contributed by atoms with Crippen LogP contribution in [0.1, 0.15) is 10.5 Å². The molecule has 0 saturated carbocycles. The maximum Gasteiger partial charge on any atom is 0.330 e. The molecule has 0 aromatic carbocycles. The van der Waals surface area contributed by atoms with Crippen LogP contribution >= 0.6 is 0 Å². The van der Waals surface area contributed by atoms with Crippen molar-refractivity contribution in [3.8, 4) is 5.88 Å². The molecule has 14 heavy (non-hydrogen) atoms. The number of nitrogens with zero attached hydrogens (tertiary/aromatic N) is 2. The highest BCUT2D eigenvalue weighted by Crippen LogP contribution is 2.23. The van der Waals surface area contributed by atoms with Crippen LogP contribution in [0.15, 0.2) is 12.1 Å². The molecule has 0 unspecified atom stereocenters. The Labute approximate surface area is 78.1 Å². The number of carboxylic acid groups (broad SMARTS) is 1. The van der Waals surface area contributed by atoms with E-state index in [1.807, 2.05) is 0 Å². The summed E-state index contributed by atoms with van der Waals surface area (Å²) in [6, 6.07) is 1.98. The van der Waals surface area contributed by atoms with Crippen molar-refractivity contribution in [2.75, 3.05) is 7.11 Å². The molecule has 7 heteroatoms. The lowest BCUT2D eigenvalue weighted by Crippen LogP contribution is -2.23. The van der Waals surface area contributed by atoms with Crippen molar-refractivity contribution < 1.29 is 19.6 Å². The van der Waals surface area contributed by atoms with E-state index in [4.69, 9.17) is 0 Å². The van der Waals surface area contributed by atoms with E-state index in [9.17, 15) is 20.0 Å². The van der Waals surface area contributed by atoms with Gasteiger partial charge in [0.25, 0.3) is 5.88 Å². The molecular weight excluding hydrogens is 192 g/mol. The Kier molecular flexibility index (Phi) is 2.61. The lowest BCUT2D eigenvalue weighted by atomic mass is 10.3. The average molecular weight is 197 g/mol. The van der Waals surface area contributed by atoms with Crippen LogP contribution in [0, 0.1) is 10.1 Å². The zero-order valence-electron chi connectivity index (χ0n) is 7.09. The number of carbonyl (C=O) groups excluding carboxylic acids is 1. The summed E-state index contributed by atoms with van der Waals surface area (Å²) in [6.45, 7) is 0. The number of ether oxygens (including phenoxy) is 1. The van der Waals surface area contributed by atoms with E-state index in [0.717, 1.165) is 19.2 Å². The molecule has 1 heterocycles. The van der Waals surface area contributed by atoms with Crippen molar-refractivity contribution in [2.45, 2.75) is 0 Å². The molecule has 0 saturated heterocycles. The quantitative estimate of drug-likeness (QED) is 0.471. The predicted octanol–water partition coefficient (Wildman–Crippen LogP) is -0.638. The van der Waals surface area contributed by atoms with E-state index < -0.39 is 22.3 Å². The van der Waals surface area contributed by atoms with Gasteiger partial charge in [-0.1, -0.05) is 0 Å². The fourth-order valence-electron chi connectivity index (χ4n) is 0.836. The van der Waals surface area contributed by atoms with Crippen molar-refractivity contribution in [2.24, 2.45) is 0 Å². The fourth-order valence-corrected chi connectivity index (χ4v) is 0.836. The highest BCUT2D eigenvalue weighted by Gasteiger charge is 2.16. The van der Waals surface area contributed by atoms with Crippen LogP contribution < -0.4 is 9.84 Å². The first-order valence-corrected chi connectivity index (χ1v) is 3.47. The summed E-state index contributed by atoms with van der Waals surface area (Å²) in [4.78, 5) is 23.4. The normalized spacial score (nSPS) is 9.50. The molecule has 0 aliphatic rings. The van der Waals surface area contributed by atoms with Crippen molar-refractivity contribution in [3.63, 3.8) is 0 Å². The number of carboxylic acids is 1. The zero-order valence-corrected chi connectivity index (χ0v) is 7.09. The third kappa shape index (κ3) is 1.76. The molecule has 0 N–H and O–H groups in total. The Balaban J connectivity index is 3.25. The first kappa shape index (κ1) is 9.90. The van der Waals surface area contributed by atoms with Crippen LogP contribution in [0.5, 0.6) is 5.88 Å². The van der Waals surface area contributed by atoms with Crippen molar-refractivity contribution in [1.82, 2.24) is 4.98 Å². The summed E-state index contributed by atoms with van der Waals surface area (Å²) in [5, 5.41) is 20.7. The number of aromatic carboxylic acids is 1. The van der Waals surface area contributed by atoms with E-state index in [1.165, 1.54) is 0 Å². The predicted molar refractivity (Wildman–Crippen MR) is 41.8 cm³/mol. The molecule has 1 rings (SSSR count). The van der Waals surface area contributed by atoms with Gasteiger partial charge in [0.2, 0.25) is 0 Å². The maximum atomic E-state index is 10.4. The summed E-state index contributed by atoms with van der Waals surface area (Å²) in [5.74, 6) is -1.87. The molecule has 0 aliphatic heterocycles. The number of rotatable bonds is 3. The lowest BCUT2D eigenvalue weighted by Gasteiger charge is -2.04. The van der Waals surface area contributed by atoms with E-state index >= 15 is 0 Å². The highest BCUT2D eigenvalue weighted by atomic mass is 16.6. The molecule has 1 aromatic rings. The second-order valence-corrected chi connectivity index (χ2v) is 2.27. The first-order valence-electron chi connectivity index (χ1n) is 3.47. The number of aromatic nitrogens is 1. The molecule has 0 radical (unpaired) electrons. The van der Waals surface area contributed by atoms with E-state index in [0.29, 0.717) is 0 Å². The number of methoxy groups -OCH3 is 1. The monoisotopic (exact) mass is 197 g/mol. The largest absolute Gasteiger partial charge is 0.543 e. The SMILES string of the molecule is COc1nc(C(=O)[O-])ccc1[N+](=O)[O-]. The molecule has 7 nitrogen and oxygen atoms in total.